The van der Waals surface area contributed by atoms with E-state index in [1.165, 1.54) is 122 Å². The summed E-state index contributed by atoms with van der Waals surface area (Å²) in [5.74, 6) is 0.673. The maximum absolute atomic E-state index is 13.7. The zero-order chi connectivity index (χ0) is 45.3. The molecule has 2 atom stereocenters. The summed E-state index contributed by atoms with van der Waals surface area (Å²) < 4.78 is 10.9. The van der Waals surface area contributed by atoms with Crippen LogP contribution in [0.2, 0.25) is 0 Å². The average Bonchev–Trinajstić information content (AvgIpc) is 3.24. The number of nitrogens with zero attached hydrogens (tertiary/aromatic N) is 2. The molecule has 0 bridgehead atoms. The van der Waals surface area contributed by atoms with Gasteiger partial charge in [0, 0.05) is 31.8 Å². The van der Waals surface area contributed by atoms with Gasteiger partial charge in [0.15, 0.2) is 0 Å². The van der Waals surface area contributed by atoms with Crippen LogP contribution in [0, 0.1) is 5.92 Å². The number of ether oxygens (including phenoxy) is 2. The summed E-state index contributed by atoms with van der Waals surface area (Å²) in [6.07, 6.45) is 38.3. The molecule has 0 spiro atoms. The van der Waals surface area contributed by atoms with Crippen molar-refractivity contribution in [3.63, 3.8) is 0 Å². The van der Waals surface area contributed by atoms with Crippen molar-refractivity contribution < 1.29 is 23.9 Å². The highest BCUT2D eigenvalue weighted by atomic mass is 16.5. The minimum Gasteiger partial charge on any atom is -0.466 e. The number of hydrogen-bond donors (Lipinski definition) is 0. The van der Waals surface area contributed by atoms with Crippen molar-refractivity contribution in [2.24, 2.45) is 5.92 Å². The topological polar surface area (TPSA) is 76.2 Å². The summed E-state index contributed by atoms with van der Waals surface area (Å²) in [5.41, 5.74) is 0. The van der Waals surface area contributed by atoms with E-state index in [1.54, 1.807) is 0 Å². The van der Waals surface area contributed by atoms with Crippen molar-refractivity contribution in [3.8, 4) is 0 Å². The lowest BCUT2D eigenvalue weighted by atomic mass is 9.95. The van der Waals surface area contributed by atoms with Gasteiger partial charge in [-0.3, -0.25) is 14.4 Å². The van der Waals surface area contributed by atoms with Crippen LogP contribution in [0.1, 0.15) is 274 Å². The normalized spacial score (nSPS) is 11.9. The molecule has 0 heterocycles. The van der Waals surface area contributed by atoms with Gasteiger partial charge in [-0.25, -0.2) is 0 Å². The van der Waals surface area contributed by atoms with Crippen LogP contribution in [0.5, 0.6) is 0 Å². The van der Waals surface area contributed by atoms with Crippen LogP contribution in [0.3, 0.4) is 0 Å². The molecule has 0 aliphatic rings. The maximum Gasteiger partial charge on any atom is 0.305 e. The molecule has 0 aliphatic carbocycles. The second-order valence-electron chi connectivity index (χ2n) is 17.6. The Bertz CT molecular complexity index is 877. The van der Waals surface area contributed by atoms with Crippen LogP contribution in [0.4, 0.5) is 0 Å². The molecule has 0 aromatic rings. The van der Waals surface area contributed by atoms with Crippen molar-refractivity contribution in [2.45, 2.75) is 280 Å². The monoisotopic (exact) mass is 853 g/mol. The number of esters is 2. The highest BCUT2D eigenvalue weighted by Gasteiger charge is 2.23. The van der Waals surface area contributed by atoms with Crippen LogP contribution in [0.15, 0.2) is 0 Å². The van der Waals surface area contributed by atoms with Gasteiger partial charge in [0.2, 0.25) is 5.91 Å². The van der Waals surface area contributed by atoms with Gasteiger partial charge in [0.1, 0.15) is 0 Å². The summed E-state index contributed by atoms with van der Waals surface area (Å²) >= 11 is 0. The molecule has 0 aromatic heterocycles. The largest absolute Gasteiger partial charge is 0.466 e. The second kappa shape index (κ2) is 51.7. The first kappa shape index (κ1) is 62.7. The van der Waals surface area contributed by atoms with E-state index >= 15 is 0 Å². The third kappa shape index (κ3) is 45.9. The van der Waals surface area contributed by atoms with E-state index in [9.17, 15) is 14.4 Å². The lowest BCUT2D eigenvalue weighted by molar-refractivity contribution is -0.145. The fraction of sp³-hybridized carbons (Fsp3) is 0.943. The molecule has 0 rings (SSSR count). The predicted octanol–water partition coefficient (Wildman–Crippen LogP) is 15.8. The fourth-order valence-corrected chi connectivity index (χ4v) is 7.78. The summed E-state index contributed by atoms with van der Waals surface area (Å²) in [5, 5.41) is 0. The Morgan fingerprint density at radius 1 is 0.417 bits per heavy atom. The minimum atomic E-state index is -0.106. The molecule has 0 fully saturated rings. The molecule has 0 aromatic carbocycles. The number of carbonyl (C=O) groups excluding carboxylic acids is 3. The van der Waals surface area contributed by atoms with Crippen molar-refractivity contribution in [3.05, 3.63) is 0 Å². The summed E-state index contributed by atoms with van der Waals surface area (Å²) in [4.78, 5) is 42.4. The van der Waals surface area contributed by atoms with Gasteiger partial charge in [-0.1, -0.05) is 196 Å². The Morgan fingerprint density at radius 2 is 0.783 bits per heavy atom. The van der Waals surface area contributed by atoms with E-state index in [0.29, 0.717) is 44.3 Å². The molecular weight excluding hydrogens is 745 g/mol. The Hall–Kier alpha value is -1.63. The Balaban J connectivity index is -0.00000324. The Labute approximate surface area is 376 Å². The number of amides is 1. The van der Waals surface area contributed by atoms with Gasteiger partial charge in [0.05, 0.1) is 13.2 Å². The molecule has 0 saturated carbocycles. The van der Waals surface area contributed by atoms with Crippen LogP contribution in [-0.2, 0) is 23.9 Å². The Morgan fingerprint density at radius 3 is 1.28 bits per heavy atom. The molecule has 0 aliphatic heterocycles. The lowest BCUT2D eigenvalue weighted by Gasteiger charge is -2.33. The third-order valence-electron chi connectivity index (χ3n) is 11.5. The molecule has 60 heavy (non-hydrogen) atoms. The van der Waals surface area contributed by atoms with Gasteiger partial charge in [0.25, 0.3) is 0 Å². The van der Waals surface area contributed by atoms with Crippen LogP contribution in [0.25, 0.3) is 0 Å². The van der Waals surface area contributed by atoms with E-state index in [-0.39, 0.29) is 18.0 Å². The molecule has 7 heteroatoms. The van der Waals surface area contributed by atoms with Crippen molar-refractivity contribution >= 4 is 17.8 Å². The van der Waals surface area contributed by atoms with E-state index in [0.717, 1.165) is 90.1 Å². The minimum absolute atomic E-state index is 0.0302. The maximum atomic E-state index is 13.7. The molecule has 2 unspecified atom stereocenters. The molecule has 0 saturated heterocycles. The van der Waals surface area contributed by atoms with Crippen LogP contribution in [-0.4, -0.2) is 74.1 Å². The molecular formula is C53H108N2O5. The summed E-state index contributed by atoms with van der Waals surface area (Å²) in [7, 11) is 4.20. The van der Waals surface area contributed by atoms with Crippen LogP contribution >= 0.6 is 0 Å². The summed E-state index contributed by atoms with van der Waals surface area (Å²) in [6, 6.07) is 0.276. The highest BCUT2D eigenvalue weighted by Crippen LogP contribution is 2.22. The predicted molar refractivity (Wildman–Crippen MR) is 262 cm³/mol. The second-order valence-corrected chi connectivity index (χ2v) is 17.6. The number of carbonyl (C=O) groups is 3. The van der Waals surface area contributed by atoms with Crippen molar-refractivity contribution in [2.75, 3.05) is 40.4 Å². The van der Waals surface area contributed by atoms with Crippen molar-refractivity contribution in [1.29, 1.82) is 0 Å². The molecule has 7 nitrogen and oxygen atoms in total. The first-order chi connectivity index (χ1) is 29.2. The number of hydrogen-bond acceptors (Lipinski definition) is 6. The smallest absolute Gasteiger partial charge is 0.305 e. The van der Waals surface area contributed by atoms with Gasteiger partial charge >= 0.3 is 11.9 Å². The zero-order valence-electron chi connectivity index (χ0n) is 42.5. The highest BCUT2D eigenvalue weighted by molar-refractivity contribution is 5.76. The molecule has 0 N–H and O–H groups in total. The molecule has 1 amide bonds. The molecule has 360 valence electrons. The quantitative estimate of drug-likeness (QED) is 0.0450. The van der Waals surface area contributed by atoms with E-state index in [1.807, 2.05) is 20.8 Å². The van der Waals surface area contributed by atoms with Gasteiger partial charge in [-0.2, -0.15) is 0 Å². The van der Waals surface area contributed by atoms with Gasteiger partial charge < -0.3 is 19.3 Å². The number of rotatable bonds is 42. The van der Waals surface area contributed by atoms with Crippen LogP contribution < -0.4 is 0 Å². The zero-order valence-corrected chi connectivity index (χ0v) is 42.5. The van der Waals surface area contributed by atoms with E-state index in [4.69, 9.17) is 9.47 Å². The van der Waals surface area contributed by atoms with Gasteiger partial charge in [-0.05, 0) is 84.8 Å². The first-order valence-corrected chi connectivity index (χ1v) is 26.5. The van der Waals surface area contributed by atoms with E-state index < -0.39 is 0 Å². The molecule has 0 radical (unpaired) electrons. The SMILES string of the molecule is CC.CCCCCCC.CCCCCCCCC(CCCCCC)COC(=O)CCCCCC(CCCCC)N(CCCN(C)C)C(=O)CCCCCCCC(=O)OCC. The average molecular weight is 853 g/mol. The number of unbranched alkanes of at least 4 members (excludes halogenated alkanes) is 20. The fourth-order valence-electron chi connectivity index (χ4n) is 7.78. The van der Waals surface area contributed by atoms with Crippen molar-refractivity contribution in [1.82, 2.24) is 9.80 Å². The van der Waals surface area contributed by atoms with E-state index in [2.05, 4.69) is 58.5 Å². The lowest BCUT2D eigenvalue weighted by Crippen LogP contribution is -2.41. The third-order valence-corrected chi connectivity index (χ3v) is 11.5. The summed E-state index contributed by atoms with van der Waals surface area (Å²) in [6.45, 7) is 19.9. The van der Waals surface area contributed by atoms with Gasteiger partial charge in [-0.15, -0.1) is 0 Å². The Kier molecular flexibility index (Phi) is 54.0. The first-order valence-electron chi connectivity index (χ1n) is 26.5. The standard InChI is InChI=1S/C44H86N2O5.C7H16.C2H6/c1-7-11-14-16-18-24-31-40(30-23-15-12-8-2)39-51-44(49)36-28-21-25-33-41(32-22-13-9-3)46(38-29-37-45(5)6)42(47)34-26-19-17-20-27-35-43(48)50-10-4;1-3-5-7-6-4-2;1-2/h40-41H,7-39H2,1-6H3;3-7H2,1-2H3;1-2H3.